The van der Waals surface area contributed by atoms with Crippen LogP contribution in [-0.4, -0.2) is 36.2 Å². The summed E-state index contributed by atoms with van der Waals surface area (Å²) < 4.78 is 10.8. The molecule has 0 saturated carbocycles. The second-order valence-electron chi connectivity index (χ2n) is 4.89. The summed E-state index contributed by atoms with van der Waals surface area (Å²) >= 11 is 0. The molecule has 0 aliphatic rings. The fraction of sp³-hybridized carbons (Fsp3) is 0.312. The van der Waals surface area contributed by atoms with Gasteiger partial charge in [0, 0.05) is 18.7 Å². The van der Waals surface area contributed by atoms with Crippen LogP contribution in [0.5, 0.6) is 5.75 Å². The van der Waals surface area contributed by atoms with Gasteiger partial charge < -0.3 is 14.3 Å². The normalized spacial score (nSPS) is 10.8. The summed E-state index contributed by atoms with van der Waals surface area (Å²) in [4.78, 5) is 13.2. The van der Waals surface area contributed by atoms with E-state index in [0.29, 0.717) is 18.9 Å². The summed E-state index contributed by atoms with van der Waals surface area (Å²) in [7, 11) is 1.99. The highest BCUT2D eigenvalue weighted by atomic mass is 16.5. The Balaban J connectivity index is 1.84. The molecule has 5 nitrogen and oxygen atoms in total. The van der Waals surface area contributed by atoms with Gasteiger partial charge in [-0.3, -0.25) is 4.90 Å². The van der Waals surface area contributed by atoms with Crippen molar-refractivity contribution in [2.24, 2.45) is 0 Å². The summed E-state index contributed by atoms with van der Waals surface area (Å²) in [6, 6.07) is 8.61. The van der Waals surface area contributed by atoms with Crippen LogP contribution in [0.15, 0.2) is 41.0 Å². The molecule has 0 bridgehead atoms. The van der Waals surface area contributed by atoms with Crippen LogP contribution < -0.4 is 4.74 Å². The fourth-order valence-electron chi connectivity index (χ4n) is 2.03. The first-order valence-electron chi connectivity index (χ1n) is 6.74. The standard InChI is InChI=1S/C16H19NO4/c1-12-13(7-9-20-12)11-17(2)8-10-21-15-6-4-3-5-14(15)16(18)19/h3-7,9H,8,10-11H2,1-2H3,(H,18,19). The molecule has 0 saturated heterocycles. The number of carbonyl (C=O) groups is 1. The first kappa shape index (κ1) is 15.1. The molecule has 2 rings (SSSR count). The van der Waals surface area contributed by atoms with Gasteiger partial charge >= 0.3 is 5.97 Å². The highest BCUT2D eigenvalue weighted by Crippen LogP contribution is 2.17. The number of nitrogens with zero attached hydrogens (tertiary/aromatic N) is 1. The predicted molar refractivity (Wildman–Crippen MR) is 78.7 cm³/mol. The molecule has 0 fully saturated rings. The van der Waals surface area contributed by atoms with Crippen LogP contribution in [0.2, 0.25) is 0 Å². The summed E-state index contributed by atoms with van der Waals surface area (Å²) in [5.41, 5.74) is 1.33. The Kier molecular flexibility index (Phi) is 5.00. The highest BCUT2D eigenvalue weighted by Gasteiger charge is 2.10. The summed E-state index contributed by atoms with van der Waals surface area (Å²) in [5.74, 6) is 0.338. The molecular formula is C16H19NO4. The van der Waals surface area contributed by atoms with E-state index in [-0.39, 0.29) is 5.56 Å². The zero-order chi connectivity index (χ0) is 15.2. The lowest BCUT2D eigenvalue weighted by molar-refractivity contribution is 0.0691. The van der Waals surface area contributed by atoms with Gasteiger partial charge in [0.2, 0.25) is 0 Å². The van der Waals surface area contributed by atoms with E-state index in [1.165, 1.54) is 6.07 Å². The largest absolute Gasteiger partial charge is 0.491 e. The number of likely N-dealkylation sites (N-methyl/N-ethyl adjacent to an activating group) is 1. The lowest BCUT2D eigenvalue weighted by Gasteiger charge is -2.17. The van der Waals surface area contributed by atoms with Crippen molar-refractivity contribution in [3.8, 4) is 5.75 Å². The van der Waals surface area contributed by atoms with Gasteiger partial charge in [0.1, 0.15) is 23.7 Å². The topological polar surface area (TPSA) is 62.9 Å². The number of hydrogen-bond acceptors (Lipinski definition) is 4. The number of furan rings is 1. The number of para-hydroxylation sites is 1. The van der Waals surface area contributed by atoms with Crippen LogP contribution in [0.3, 0.4) is 0 Å². The summed E-state index contributed by atoms with van der Waals surface area (Å²) in [6.07, 6.45) is 1.68. The third-order valence-electron chi connectivity index (χ3n) is 3.25. The van der Waals surface area contributed by atoms with Gasteiger partial charge in [0.25, 0.3) is 0 Å². The molecule has 0 aliphatic heterocycles. The van der Waals surface area contributed by atoms with E-state index in [2.05, 4.69) is 4.90 Å². The maximum Gasteiger partial charge on any atom is 0.339 e. The SMILES string of the molecule is Cc1occc1CN(C)CCOc1ccccc1C(=O)O. The average molecular weight is 289 g/mol. The minimum absolute atomic E-state index is 0.186. The van der Waals surface area contributed by atoms with Gasteiger partial charge in [0.05, 0.1) is 6.26 Å². The quantitative estimate of drug-likeness (QED) is 0.849. The number of ether oxygens (including phenoxy) is 1. The zero-order valence-electron chi connectivity index (χ0n) is 12.2. The van der Waals surface area contributed by atoms with Crippen molar-refractivity contribution < 1.29 is 19.1 Å². The molecule has 1 N–H and O–H groups in total. The van der Waals surface area contributed by atoms with Gasteiger partial charge in [-0.05, 0) is 32.2 Å². The second-order valence-corrected chi connectivity index (χ2v) is 4.89. The molecule has 0 radical (unpaired) electrons. The van der Waals surface area contributed by atoms with E-state index < -0.39 is 5.97 Å². The molecule has 0 atom stereocenters. The van der Waals surface area contributed by atoms with E-state index in [1.807, 2.05) is 20.0 Å². The molecular weight excluding hydrogens is 270 g/mol. The van der Waals surface area contributed by atoms with Crippen LogP contribution in [0.25, 0.3) is 0 Å². The molecule has 21 heavy (non-hydrogen) atoms. The monoisotopic (exact) mass is 289 g/mol. The Morgan fingerprint density at radius 1 is 1.33 bits per heavy atom. The molecule has 112 valence electrons. The fourth-order valence-corrected chi connectivity index (χ4v) is 2.03. The number of aromatic carboxylic acids is 1. The Bertz CT molecular complexity index is 606. The second kappa shape index (κ2) is 6.95. The minimum atomic E-state index is -0.979. The van der Waals surface area contributed by atoms with Crippen LogP contribution in [0.4, 0.5) is 0 Å². The van der Waals surface area contributed by atoms with E-state index in [1.54, 1.807) is 24.5 Å². The Labute approximate surface area is 123 Å². The lowest BCUT2D eigenvalue weighted by atomic mass is 10.2. The highest BCUT2D eigenvalue weighted by molar-refractivity contribution is 5.90. The average Bonchev–Trinajstić information content (AvgIpc) is 2.84. The third-order valence-corrected chi connectivity index (χ3v) is 3.25. The van der Waals surface area contributed by atoms with Crippen molar-refractivity contribution in [2.45, 2.75) is 13.5 Å². The number of benzene rings is 1. The van der Waals surface area contributed by atoms with Gasteiger partial charge in [-0.1, -0.05) is 12.1 Å². The maximum absolute atomic E-state index is 11.1. The smallest absolute Gasteiger partial charge is 0.339 e. The molecule has 0 unspecified atom stereocenters. The Morgan fingerprint density at radius 2 is 2.10 bits per heavy atom. The van der Waals surface area contributed by atoms with Gasteiger partial charge in [-0.25, -0.2) is 4.79 Å². The lowest BCUT2D eigenvalue weighted by Crippen LogP contribution is -2.24. The first-order valence-corrected chi connectivity index (χ1v) is 6.74. The van der Waals surface area contributed by atoms with Gasteiger partial charge in [0.15, 0.2) is 0 Å². The molecule has 1 aromatic heterocycles. The number of rotatable bonds is 7. The van der Waals surface area contributed by atoms with Crippen molar-refractivity contribution in [3.05, 3.63) is 53.5 Å². The van der Waals surface area contributed by atoms with Crippen LogP contribution in [0, 0.1) is 6.92 Å². The van der Waals surface area contributed by atoms with Crippen LogP contribution >= 0.6 is 0 Å². The Hall–Kier alpha value is -2.27. The Morgan fingerprint density at radius 3 is 2.76 bits per heavy atom. The van der Waals surface area contributed by atoms with Gasteiger partial charge in [-0.2, -0.15) is 0 Å². The molecule has 1 aromatic carbocycles. The molecule has 0 spiro atoms. The molecule has 0 aliphatic carbocycles. The predicted octanol–water partition coefficient (Wildman–Crippen LogP) is 2.80. The van der Waals surface area contributed by atoms with Crippen LogP contribution in [-0.2, 0) is 6.54 Å². The molecule has 5 heteroatoms. The summed E-state index contributed by atoms with van der Waals surface area (Å²) in [6.45, 7) is 3.82. The molecule has 0 amide bonds. The van der Waals surface area contributed by atoms with E-state index >= 15 is 0 Å². The number of carboxylic acid groups (broad SMARTS) is 1. The van der Waals surface area contributed by atoms with Crippen molar-refractivity contribution in [1.82, 2.24) is 4.90 Å². The molecule has 1 heterocycles. The van der Waals surface area contributed by atoms with Crippen molar-refractivity contribution in [2.75, 3.05) is 20.2 Å². The maximum atomic E-state index is 11.1. The van der Waals surface area contributed by atoms with Crippen molar-refractivity contribution in [3.63, 3.8) is 0 Å². The van der Waals surface area contributed by atoms with Gasteiger partial charge in [-0.15, -0.1) is 0 Å². The minimum Gasteiger partial charge on any atom is -0.491 e. The summed E-state index contributed by atoms with van der Waals surface area (Å²) in [5, 5.41) is 9.08. The van der Waals surface area contributed by atoms with E-state index in [9.17, 15) is 4.79 Å². The van der Waals surface area contributed by atoms with Crippen molar-refractivity contribution >= 4 is 5.97 Å². The molecule has 2 aromatic rings. The van der Waals surface area contributed by atoms with Crippen molar-refractivity contribution in [1.29, 1.82) is 0 Å². The zero-order valence-corrected chi connectivity index (χ0v) is 12.2. The number of aryl methyl sites for hydroxylation is 1. The van der Waals surface area contributed by atoms with Crippen LogP contribution in [0.1, 0.15) is 21.7 Å². The third kappa shape index (κ3) is 4.10. The number of hydrogen-bond donors (Lipinski definition) is 1. The number of carboxylic acids is 1. The van der Waals surface area contributed by atoms with E-state index in [0.717, 1.165) is 17.9 Å². The van der Waals surface area contributed by atoms with E-state index in [4.69, 9.17) is 14.3 Å². The first-order chi connectivity index (χ1) is 10.1.